The summed E-state index contributed by atoms with van der Waals surface area (Å²) in [4.78, 5) is 12.5. The molecule has 1 N–H and O–H groups in total. The van der Waals surface area contributed by atoms with Gasteiger partial charge in [-0.2, -0.15) is 5.10 Å². The van der Waals surface area contributed by atoms with Crippen molar-refractivity contribution in [1.82, 2.24) is 9.99 Å². The van der Waals surface area contributed by atoms with Crippen molar-refractivity contribution in [3.8, 4) is 17.2 Å². The Labute approximate surface area is 235 Å². The van der Waals surface area contributed by atoms with Crippen LogP contribution in [0.5, 0.6) is 11.5 Å². The number of halogens is 2. The summed E-state index contributed by atoms with van der Waals surface area (Å²) >= 11 is 9.84. The van der Waals surface area contributed by atoms with Crippen molar-refractivity contribution < 1.29 is 18.7 Å². The molecule has 4 aromatic rings. The molecule has 4 rings (SSSR count). The Hall–Kier alpha value is -3.49. The summed E-state index contributed by atoms with van der Waals surface area (Å²) in [5.41, 5.74) is 6.16. The maximum Gasteiger partial charge on any atom is 0.307 e. The number of benzene rings is 2. The van der Waals surface area contributed by atoms with Gasteiger partial charge in [0.1, 0.15) is 23.7 Å². The van der Waals surface area contributed by atoms with Gasteiger partial charge in [0.2, 0.25) is 0 Å². The Morgan fingerprint density at radius 2 is 1.76 bits per heavy atom. The number of aromatic nitrogens is 1. The number of nitrogens with zero attached hydrogens (tertiary/aromatic N) is 2. The number of nitrogens with one attached hydrogen (secondary N) is 1. The first-order chi connectivity index (χ1) is 18.0. The van der Waals surface area contributed by atoms with Crippen LogP contribution in [0.1, 0.15) is 54.0 Å². The highest BCUT2D eigenvalue weighted by atomic mass is 79.9. The Balaban J connectivity index is 1.31. The molecule has 0 spiro atoms. The van der Waals surface area contributed by atoms with Crippen LogP contribution in [0.4, 0.5) is 0 Å². The van der Waals surface area contributed by atoms with Gasteiger partial charge >= 0.3 is 5.91 Å². The van der Waals surface area contributed by atoms with E-state index in [0.29, 0.717) is 32.3 Å². The number of aryl methyl sites for hydroxylation is 2. The van der Waals surface area contributed by atoms with Crippen LogP contribution in [0.25, 0.3) is 5.69 Å². The molecular formula is C29H29BrClN3O4. The van der Waals surface area contributed by atoms with E-state index in [4.69, 9.17) is 25.5 Å². The van der Waals surface area contributed by atoms with Crippen molar-refractivity contribution in [3.63, 3.8) is 0 Å². The van der Waals surface area contributed by atoms with Crippen LogP contribution in [0.2, 0.25) is 5.02 Å². The van der Waals surface area contributed by atoms with Crippen LogP contribution in [-0.2, 0) is 6.61 Å². The van der Waals surface area contributed by atoms with E-state index in [1.165, 1.54) is 17.6 Å². The van der Waals surface area contributed by atoms with Crippen molar-refractivity contribution >= 4 is 39.7 Å². The van der Waals surface area contributed by atoms with Gasteiger partial charge in [0, 0.05) is 17.1 Å². The van der Waals surface area contributed by atoms with Gasteiger partial charge in [-0.15, -0.1) is 0 Å². The number of carbonyl (C=O) groups is 1. The molecule has 0 bridgehead atoms. The van der Waals surface area contributed by atoms with Crippen molar-refractivity contribution in [3.05, 3.63) is 98.6 Å². The number of carbonyl (C=O) groups excluding carboxylic acids is 1. The van der Waals surface area contributed by atoms with Gasteiger partial charge in [0.25, 0.3) is 0 Å². The Morgan fingerprint density at radius 3 is 2.39 bits per heavy atom. The normalized spacial score (nSPS) is 11.7. The van der Waals surface area contributed by atoms with E-state index in [2.05, 4.69) is 57.0 Å². The summed E-state index contributed by atoms with van der Waals surface area (Å²) in [6.45, 7) is 10.2. The lowest BCUT2D eigenvalue weighted by Gasteiger charge is -2.23. The van der Waals surface area contributed by atoms with Crippen LogP contribution in [0.15, 0.2) is 74.7 Å². The standard InChI is InChI=1S/C29H29BrClN3O4/c1-18-6-7-19(2)34(18)21-8-10-22(11-9-21)36-17-23-12-13-26(37-23)28(35)33-32-16-20-14-24(30)27(25(31)15-20)38-29(3,4)5/h6-16H,17H2,1-5H3,(H,33,35)/b32-16+. The molecule has 9 heteroatoms. The Morgan fingerprint density at radius 1 is 1.08 bits per heavy atom. The number of ether oxygens (including phenoxy) is 2. The minimum atomic E-state index is -0.479. The Kier molecular flexibility index (Phi) is 8.33. The number of furan rings is 1. The molecule has 7 nitrogen and oxygen atoms in total. The molecule has 0 fully saturated rings. The fraction of sp³-hybridized carbons (Fsp3) is 0.241. The first-order valence-electron chi connectivity index (χ1n) is 12.0. The third-order valence-electron chi connectivity index (χ3n) is 5.44. The predicted octanol–water partition coefficient (Wildman–Crippen LogP) is 7.62. The fourth-order valence-corrected chi connectivity index (χ4v) is 4.72. The molecule has 0 unspecified atom stereocenters. The summed E-state index contributed by atoms with van der Waals surface area (Å²) in [6, 6.07) is 18.8. The highest BCUT2D eigenvalue weighted by Crippen LogP contribution is 2.36. The molecule has 0 aliphatic carbocycles. The molecule has 1 amide bonds. The number of hydrazone groups is 1. The molecule has 0 atom stereocenters. The minimum Gasteiger partial charge on any atom is -0.486 e. The van der Waals surface area contributed by atoms with Crippen LogP contribution >= 0.6 is 27.5 Å². The molecule has 0 saturated heterocycles. The average molecular weight is 599 g/mol. The quantitative estimate of drug-likeness (QED) is 0.167. The highest BCUT2D eigenvalue weighted by molar-refractivity contribution is 9.10. The van der Waals surface area contributed by atoms with Gasteiger partial charge in [0.05, 0.1) is 15.7 Å². The molecule has 2 heterocycles. The lowest BCUT2D eigenvalue weighted by molar-refractivity contribution is 0.0923. The molecule has 0 saturated carbocycles. The van der Waals surface area contributed by atoms with E-state index in [9.17, 15) is 4.79 Å². The topological polar surface area (TPSA) is 78.0 Å². The van der Waals surface area contributed by atoms with Crippen molar-refractivity contribution in [1.29, 1.82) is 0 Å². The van der Waals surface area contributed by atoms with Crippen molar-refractivity contribution in [2.75, 3.05) is 0 Å². The second kappa shape index (κ2) is 11.5. The molecule has 2 aromatic carbocycles. The second-order valence-corrected chi connectivity index (χ2v) is 11.0. The highest BCUT2D eigenvalue weighted by Gasteiger charge is 2.17. The molecular weight excluding hydrogens is 570 g/mol. The van der Waals surface area contributed by atoms with E-state index in [1.54, 1.807) is 24.3 Å². The lowest BCUT2D eigenvalue weighted by atomic mass is 10.2. The second-order valence-electron chi connectivity index (χ2n) is 9.73. The van der Waals surface area contributed by atoms with Gasteiger partial charge in [0.15, 0.2) is 11.5 Å². The van der Waals surface area contributed by atoms with E-state index in [-0.39, 0.29) is 12.4 Å². The smallest absolute Gasteiger partial charge is 0.307 e. The van der Waals surface area contributed by atoms with Gasteiger partial charge in [-0.25, -0.2) is 5.43 Å². The zero-order chi connectivity index (χ0) is 27.4. The maximum absolute atomic E-state index is 12.5. The molecule has 0 aliphatic heterocycles. The molecule has 198 valence electrons. The van der Waals surface area contributed by atoms with Crippen LogP contribution in [-0.4, -0.2) is 22.3 Å². The van der Waals surface area contributed by atoms with Gasteiger partial charge in [-0.05, 0) is 117 Å². The maximum atomic E-state index is 12.5. The summed E-state index contributed by atoms with van der Waals surface area (Å²) in [5.74, 6) is 1.42. The first kappa shape index (κ1) is 27.5. The van der Waals surface area contributed by atoms with E-state index < -0.39 is 11.5 Å². The summed E-state index contributed by atoms with van der Waals surface area (Å²) in [7, 11) is 0. The lowest BCUT2D eigenvalue weighted by Crippen LogP contribution is -2.23. The van der Waals surface area contributed by atoms with E-state index in [1.807, 2.05) is 45.0 Å². The largest absolute Gasteiger partial charge is 0.486 e. The molecule has 0 aliphatic rings. The zero-order valence-electron chi connectivity index (χ0n) is 21.8. The summed E-state index contributed by atoms with van der Waals surface area (Å²) in [6.07, 6.45) is 1.49. The van der Waals surface area contributed by atoms with Gasteiger partial charge in [-0.1, -0.05) is 11.6 Å². The third-order valence-corrected chi connectivity index (χ3v) is 6.31. The number of hydrogen-bond donors (Lipinski definition) is 1. The first-order valence-corrected chi connectivity index (χ1v) is 13.2. The third kappa shape index (κ3) is 6.88. The number of rotatable bonds is 8. The fourth-order valence-electron chi connectivity index (χ4n) is 3.78. The average Bonchev–Trinajstić information content (AvgIpc) is 3.46. The monoisotopic (exact) mass is 597 g/mol. The van der Waals surface area contributed by atoms with E-state index in [0.717, 1.165) is 5.69 Å². The SMILES string of the molecule is Cc1ccc(C)n1-c1ccc(OCc2ccc(C(=O)N/N=C/c3cc(Cl)c(OC(C)(C)C)c(Br)c3)o2)cc1. The zero-order valence-corrected chi connectivity index (χ0v) is 24.2. The number of hydrogen-bond acceptors (Lipinski definition) is 5. The molecule has 2 aromatic heterocycles. The van der Waals surface area contributed by atoms with Gasteiger partial charge in [-0.3, -0.25) is 4.79 Å². The van der Waals surface area contributed by atoms with Crippen molar-refractivity contribution in [2.24, 2.45) is 5.10 Å². The molecule has 0 radical (unpaired) electrons. The number of amides is 1. The summed E-state index contributed by atoms with van der Waals surface area (Å²) < 4.78 is 20.2. The van der Waals surface area contributed by atoms with Crippen LogP contribution in [0.3, 0.4) is 0 Å². The van der Waals surface area contributed by atoms with Crippen molar-refractivity contribution in [2.45, 2.75) is 46.8 Å². The Bertz CT molecular complexity index is 1420. The van der Waals surface area contributed by atoms with E-state index >= 15 is 0 Å². The van der Waals surface area contributed by atoms with Crippen LogP contribution in [0, 0.1) is 13.8 Å². The predicted molar refractivity (Wildman–Crippen MR) is 153 cm³/mol. The minimum absolute atomic E-state index is 0.128. The van der Waals surface area contributed by atoms with Gasteiger partial charge < -0.3 is 18.5 Å². The molecule has 38 heavy (non-hydrogen) atoms. The summed E-state index contributed by atoms with van der Waals surface area (Å²) in [5, 5.41) is 4.44. The van der Waals surface area contributed by atoms with Crippen LogP contribution < -0.4 is 14.9 Å².